The molecule has 2 aliphatic rings. The lowest BCUT2D eigenvalue weighted by atomic mass is 10.2. The molecule has 3 rings (SSSR count). The third-order valence-corrected chi connectivity index (χ3v) is 6.41. The smallest absolute Gasteiger partial charge is 0.272 e. The van der Waals surface area contributed by atoms with Gasteiger partial charge in [0.15, 0.2) is 9.84 Å². The van der Waals surface area contributed by atoms with Crippen LogP contribution in [-0.4, -0.2) is 73.0 Å². The van der Waals surface area contributed by atoms with Crippen molar-refractivity contribution >= 4 is 21.7 Å². The number of amides is 1. The molecule has 25 heavy (non-hydrogen) atoms. The van der Waals surface area contributed by atoms with Gasteiger partial charge in [0.1, 0.15) is 5.69 Å². The zero-order chi connectivity index (χ0) is 18.0. The van der Waals surface area contributed by atoms with Gasteiger partial charge in [-0.1, -0.05) is 0 Å². The second-order valence-electron chi connectivity index (χ2n) is 6.71. The van der Waals surface area contributed by atoms with Gasteiger partial charge in [-0.2, -0.15) is 0 Å². The van der Waals surface area contributed by atoms with Gasteiger partial charge in [0.05, 0.1) is 17.6 Å². The number of aromatic nitrogens is 2. The van der Waals surface area contributed by atoms with Crippen LogP contribution in [-0.2, 0) is 14.6 Å². The van der Waals surface area contributed by atoms with Gasteiger partial charge >= 0.3 is 0 Å². The highest BCUT2D eigenvalue weighted by molar-refractivity contribution is 7.91. The van der Waals surface area contributed by atoms with Crippen molar-refractivity contribution in [2.24, 2.45) is 0 Å². The van der Waals surface area contributed by atoms with E-state index in [4.69, 9.17) is 4.74 Å². The molecule has 0 bridgehead atoms. The Balaban J connectivity index is 1.69. The highest BCUT2D eigenvalue weighted by atomic mass is 32.2. The molecule has 1 aromatic rings. The van der Waals surface area contributed by atoms with E-state index in [0.29, 0.717) is 24.6 Å². The van der Waals surface area contributed by atoms with Crippen LogP contribution in [0.1, 0.15) is 35.4 Å². The van der Waals surface area contributed by atoms with Gasteiger partial charge in [-0.3, -0.25) is 4.79 Å². The lowest BCUT2D eigenvalue weighted by Crippen LogP contribution is -2.38. The maximum absolute atomic E-state index is 12.7. The third kappa shape index (κ3) is 4.46. The summed E-state index contributed by atoms with van der Waals surface area (Å²) in [6, 6.07) is 1.33. The predicted molar refractivity (Wildman–Crippen MR) is 93.4 cm³/mol. The first-order chi connectivity index (χ1) is 11.8. The number of nitrogens with zero attached hydrogens (tertiary/aromatic N) is 3. The minimum atomic E-state index is -3.04. The summed E-state index contributed by atoms with van der Waals surface area (Å²) in [5.74, 6) is 0.259. The maximum Gasteiger partial charge on any atom is 0.272 e. The summed E-state index contributed by atoms with van der Waals surface area (Å²) in [5.41, 5.74) is 0.953. The van der Waals surface area contributed by atoms with Gasteiger partial charge in [0.2, 0.25) is 5.95 Å². The van der Waals surface area contributed by atoms with Crippen molar-refractivity contribution in [3.63, 3.8) is 0 Å². The maximum atomic E-state index is 12.7. The molecule has 0 radical (unpaired) electrons. The van der Waals surface area contributed by atoms with Crippen LogP contribution in [0.15, 0.2) is 6.07 Å². The number of anilines is 1. The number of carbonyl (C=O) groups excluding carboxylic acids is 1. The van der Waals surface area contributed by atoms with E-state index in [1.807, 2.05) is 0 Å². The van der Waals surface area contributed by atoms with Crippen LogP contribution in [0.2, 0.25) is 0 Å². The molecule has 138 valence electrons. The molecule has 1 aromatic heterocycles. The van der Waals surface area contributed by atoms with Gasteiger partial charge in [-0.25, -0.2) is 18.4 Å². The fourth-order valence-electron chi connectivity index (χ4n) is 3.19. The Morgan fingerprint density at radius 1 is 1.40 bits per heavy atom. The Morgan fingerprint density at radius 3 is 2.84 bits per heavy atom. The molecule has 1 N–H and O–H groups in total. The normalized spacial score (nSPS) is 25.0. The van der Waals surface area contributed by atoms with E-state index in [0.717, 1.165) is 19.4 Å². The zero-order valence-corrected chi connectivity index (χ0v) is 15.4. The Bertz CT molecular complexity index is 747. The quantitative estimate of drug-likeness (QED) is 0.813. The van der Waals surface area contributed by atoms with E-state index in [9.17, 15) is 13.2 Å². The Labute approximate surface area is 147 Å². The first kappa shape index (κ1) is 18.1. The van der Waals surface area contributed by atoms with E-state index in [1.165, 1.54) is 4.90 Å². The number of nitrogens with one attached hydrogen (secondary N) is 1. The first-order valence-corrected chi connectivity index (χ1v) is 10.3. The molecule has 8 nitrogen and oxygen atoms in total. The minimum Gasteiger partial charge on any atom is -0.376 e. The lowest BCUT2D eigenvalue weighted by molar-refractivity contribution is 0.0741. The standard InChI is InChI=1S/C16H24N4O4S/c1-11-8-14(15(21)20(2)12-5-7-25(22,23)10-12)19-16(18-11)17-9-13-4-3-6-24-13/h8,12-13H,3-7,9-10H2,1-2H3,(H,17,18,19). The highest BCUT2D eigenvalue weighted by Crippen LogP contribution is 2.19. The Morgan fingerprint density at radius 2 is 2.20 bits per heavy atom. The number of sulfone groups is 1. The number of aryl methyl sites for hydroxylation is 1. The fraction of sp³-hybridized carbons (Fsp3) is 0.688. The van der Waals surface area contributed by atoms with Crippen LogP contribution in [0.4, 0.5) is 5.95 Å². The molecule has 2 fully saturated rings. The van der Waals surface area contributed by atoms with E-state index in [2.05, 4.69) is 15.3 Å². The topological polar surface area (TPSA) is 101 Å². The van der Waals surface area contributed by atoms with Gasteiger partial charge in [0.25, 0.3) is 5.91 Å². The zero-order valence-electron chi connectivity index (χ0n) is 14.6. The number of carbonyl (C=O) groups is 1. The fourth-order valence-corrected chi connectivity index (χ4v) is 4.97. The van der Waals surface area contributed by atoms with Crippen molar-refractivity contribution in [1.82, 2.24) is 14.9 Å². The number of hydrogen-bond acceptors (Lipinski definition) is 7. The molecule has 1 amide bonds. The molecular weight excluding hydrogens is 344 g/mol. The molecule has 0 saturated carbocycles. The SMILES string of the molecule is Cc1cc(C(=O)N(C)C2CCS(=O)(=O)C2)nc(NCC2CCCO2)n1. The van der Waals surface area contributed by atoms with Gasteiger partial charge in [-0.05, 0) is 32.3 Å². The van der Waals surface area contributed by atoms with E-state index in [1.54, 1.807) is 20.0 Å². The molecule has 2 atom stereocenters. The molecular formula is C16H24N4O4S. The number of ether oxygens (including phenoxy) is 1. The summed E-state index contributed by atoms with van der Waals surface area (Å²) in [6.07, 6.45) is 2.68. The van der Waals surface area contributed by atoms with Crippen LogP contribution in [0, 0.1) is 6.92 Å². The second-order valence-corrected chi connectivity index (χ2v) is 8.94. The first-order valence-electron chi connectivity index (χ1n) is 8.53. The summed E-state index contributed by atoms with van der Waals surface area (Å²) < 4.78 is 28.8. The molecule has 9 heteroatoms. The Kier molecular flexibility index (Phi) is 5.24. The summed E-state index contributed by atoms with van der Waals surface area (Å²) in [7, 11) is -1.41. The van der Waals surface area contributed by atoms with Crippen LogP contribution in [0.3, 0.4) is 0 Å². The largest absolute Gasteiger partial charge is 0.376 e. The molecule has 2 unspecified atom stereocenters. The molecule has 0 aromatic carbocycles. The van der Waals surface area contributed by atoms with Gasteiger partial charge < -0.3 is 15.0 Å². The monoisotopic (exact) mass is 368 g/mol. The van der Waals surface area contributed by atoms with Crippen molar-refractivity contribution in [3.8, 4) is 0 Å². The van der Waals surface area contributed by atoms with E-state index in [-0.39, 0.29) is 35.3 Å². The minimum absolute atomic E-state index is 0.0173. The van der Waals surface area contributed by atoms with Crippen LogP contribution in [0.25, 0.3) is 0 Å². The molecule has 3 heterocycles. The summed E-state index contributed by atoms with van der Waals surface area (Å²) >= 11 is 0. The van der Waals surface area contributed by atoms with Crippen molar-refractivity contribution in [2.75, 3.05) is 37.0 Å². The predicted octanol–water partition coefficient (Wildman–Crippen LogP) is 0.635. The molecule has 2 saturated heterocycles. The molecule has 2 aliphatic heterocycles. The molecule has 0 aliphatic carbocycles. The van der Waals surface area contributed by atoms with Crippen molar-refractivity contribution < 1.29 is 17.9 Å². The van der Waals surface area contributed by atoms with E-state index >= 15 is 0 Å². The number of rotatable bonds is 5. The number of hydrogen-bond donors (Lipinski definition) is 1. The summed E-state index contributed by atoms with van der Waals surface area (Å²) in [6.45, 7) is 3.18. The van der Waals surface area contributed by atoms with E-state index < -0.39 is 9.84 Å². The Hall–Kier alpha value is -1.74. The van der Waals surface area contributed by atoms with Crippen molar-refractivity contribution in [1.29, 1.82) is 0 Å². The van der Waals surface area contributed by atoms with Crippen LogP contribution >= 0.6 is 0 Å². The van der Waals surface area contributed by atoms with Crippen molar-refractivity contribution in [2.45, 2.75) is 38.3 Å². The second kappa shape index (κ2) is 7.25. The summed E-state index contributed by atoms with van der Waals surface area (Å²) in [5, 5.41) is 3.13. The highest BCUT2D eigenvalue weighted by Gasteiger charge is 2.33. The average molecular weight is 368 g/mol. The van der Waals surface area contributed by atoms with Crippen LogP contribution < -0.4 is 5.32 Å². The lowest BCUT2D eigenvalue weighted by Gasteiger charge is -2.23. The summed E-state index contributed by atoms with van der Waals surface area (Å²) in [4.78, 5) is 22.8. The van der Waals surface area contributed by atoms with Gasteiger partial charge in [-0.15, -0.1) is 0 Å². The average Bonchev–Trinajstić information content (AvgIpc) is 3.20. The third-order valence-electron chi connectivity index (χ3n) is 4.66. The van der Waals surface area contributed by atoms with Crippen molar-refractivity contribution in [3.05, 3.63) is 17.5 Å². The van der Waals surface area contributed by atoms with Gasteiger partial charge in [0, 0.05) is 31.9 Å². The van der Waals surface area contributed by atoms with Crippen LogP contribution in [0.5, 0.6) is 0 Å². The molecule has 0 spiro atoms.